The Hall–Kier alpha value is -0.160. The van der Waals surface area contributed by atoms with Crippen LogP contribution in [0.4, 0.5) is 0 Å². The fraction of sp³-hybridized carbons (Fsp3) is 1.00. The van der Waals surface area contributed by atoms with Crippen LogP contribution >= 0.6 is 0 Å². The zero-order chi connectivity index (χ0) is 11.0. The molecule has 85 valence electrons. The Morgan fingerprint density at radius 3 is 1.43 bits per heavy atom. The lowest BCUT2D eigenvalue weighted by molar-refractivity contribution is 0.129. The zero-order valence-corrected chi connectivity index (χ0v) is 9.99. The Morgan fingerprint density at radius 2 is 1.14 bits per heavy atom. The van der Waals surface area contributed by atoms with E-state index in [0.29, 0.717) is 6.54 Å². The van der Waals surface area contributed by atoms with Gasteiger partial charge in [-0.05, 0) is 28.2 Å². The predicted molar refractivity (Wildman–Crippen MR) is 59.1 cm³/mol. The van der Waals surface area contributed by atoms with Crippen LogP contribution in [0.2, 0.25) is 0 Å². The van der Waals surface area contributed by atoms with E-state index in [1.54, 1.807) is 0 Å². The molecule has 0 aromatic rings. The highest BCUT2D eigenvalue weighted by atomic mass is 16.3. The second-order valence-corrected chi connectivity index (χ2v) is 4.15. The molecule has 0 N–H and O–H groups in total. The Labute approximate surface area is 88.1 Å². The normalized spacial score (nSPS) is 12.0. The third-order valence-electron chi connectivity index (χ3n) is 2.13. The van der Waals surface area contributed by atoms with Crippen LogP contribution in [0.5, 0.6) is 0 Å². The summed E-state index contributed by atoms with van der Waals surface area (Å²) in [5.74, 6) is 0. The SMILES string of the molecule is CN(C)CCN(CC[O])CCN(C)C. The summed E-state index contributed by atoms with van der Waals surface area (Å²) in [7, 11) is 8.23. The van der Waals surface area contributed by atoms with Gasteiger partial charge in [-0.2, -0.15) is 0 Å². The van der Waals surface area contributed by atoms with Gasteiger partial charge in [-0.1, -0.05) is 0 Å². The average molecular weight is 202 g/mol. The van der Waals surface area contributed by atoms with Gasteiger partial charge in [-0.15, -0.1) is 0 Å². The molecule has 0 fully saturated rings. The topological polar surface area (TPSA) is 29.6 Å². The lowest BCUT2D eigenvalue weighted by Gasteiger charge is -2.24. The third-order valence-corrected chi connectivity index (χ3v) is 2.13. The lowest BCUT2D eigenvalue weighted by atomic mass is 10.4. The van der Waals surface area contributed by atoms with Gasteiger partial charge in [0, 0.05) is 32.7 Å². The van der Waals surface area contributed by atoms with Crippen LogP contribution in [-0.2, 0) is 5.11 Å². The first-order chi connectivity index (χ1) is 6.56. The summed E-state index contributed by atoms with van der Waals surface area (Å²) in [6.07, 6.45) is 0. The molecule has 0 aliphatic carbocycles. The molecule has 0 saturated heterocycles. The minimum absolute atomic E-state index is 0.000850. The molecule has 0 bridgehead atoms. The van der Waals surface area contributed by atoms with Crippen molar-refractivity contribution in [2.24, 2.45) is 0 Å². The first-order valence-corrected chi connectivity index (χ1v) is 5.16. The number of rotatable bonds is 8. The summed E-state index contributed by atoms with van der Waals surface area (Å²) in [5, 5.41) is 10.6. The van der Waals surface area contributed by atoms with E-state index in [0.717, 1.165) is 26.2 Å². The average Bonchev–Trinajstić information content (AvgIpc) is 2.09. The molecule has 4 heteroatoms. The molecule has 0 aromatic heterocycles. The summed E-state index contributed by atoms with van der Waals surface area (Å²) >= 11 is 0. The predicted octanol–water partition coefficient (Wildman–Crippen LogP) is -0.158. The van der Waals surface area contributed by atoms with Gasteiger partial charge in [0.15, 0.2) is 0 Å². The van der Waals surface area contributed by atoms with E-state index >= 15 is 0 Å². The fourth-order valence-electron chi connectivity index (χ4n) is 1.15. The van der Waals surface area contributed by atoms with E-state index in [9.17, 15) is 5.11 Å². The highest BCUT2D eigenvalue weighted by Gasteiger charge is 2.05. The molecule has 0 atom stereocenters. The number of hydrogen-bond donors (Lipinski definition) is 0. The molecule has 0 aromatic carbocycles. The molecule has 0 spiro atoms. The van der Waals surface area contributed by atoms with Gasteiger partial charge in [0.05, 0.1) is 6.61 Å². The molecule has 4 nitrogen and oxygen atoms in total. The maximum absolute atomic E-state index is 10.6. The van der Waals surface area contributed by atoms with E-state index < -0.39 is 0 Å². The van der Waals surface area contributed by atoms with Crippen LogP contribution < -0.4 is 0 Å². The second-order valence-electron chi connectivity index (χ2n) is 4.15. The summed E-state index contributed by atoms with van der Waals surface area (Å²) in [6, 6.07) is 0. The van der Waals surface area contributed by atoms with Crippen molar-refractivity contribution in [2.45, 2.75) is 0 Å². The maximum Gasteiger partial charge on any atom is 0.0949 e. The van der Waals surface area contributed by atoms with E-state index in [4.69, 9.17) is 0 Å². The van der Waals surface area contributed by atoms with Gasteiger partial charge < -0.3 is 9.80 Å². The minimum Gasteiger partial charge on any atom is -0.308 e. The number of hydrogen-bond acceptors (Lipinski definition) is 3. The standard InChI is InChI=1S/C10H24N3O/c1-11(2)5-7-13(9-10-14)8-6-12(3)4/h5-10H2,1-4H3. The van der Waals surface area contributed by atoms with Crippen LogP contribution in [0.15, 0.2) is 0 Å². The number of nitrogens with zero attached hydrogens (tertiary/aromatic N) is 3. The summed E-state index contributed by atoms with van der Waals surface area (Å²) in [4.78, 5) is 6.52. The quantitative estimate of drug-likeness (QED) is 0.548. The summed E-state index contributed by atoms with van der Waals surface area (Å²) < 4.78 is 0. The van der Waals surface area contributed by atoms with E-state index in [2.05, 4.69) is 42.9 Å². The monoisotopic (exact) mass is 202 g/mol. The molecule has 0 aliphatic rings. The summed E-state index contributed by atoms with van der Waals surface area (Å²) in [5.41, 5.74) is 0. The van der Waals surface area contributed by atoms with Crippen LogP contribution in [-0.4, -0.2) is 82.2 Å². The number of likely N-dealkylation sites (N-methyl/N-ethyl adjacent to an activating group) is 2. The van der Waals surface area contributed by atoms with Gasteiger partial charge in [-0.25, -0.2) is 5.11 Å². The highest BCUT2D eigenvalue weighted by Crippen LogP contribution is 1.89. The summed E-state index contributed by atoms with van der Waals surface area (Å²) in [6.45, 7) is 4.69. The third kappa shape index (κ3) is 8.44. The van der Waals surface area contributed by atoms with Gasteiger partial charge >= 0.3 is 0 Å². The Morgan fingerprint density at radius 1 is 0.714 bits per heavy atom. The Bertz CT molecular complexity index is 117. The van der Waals surface area contributed by atoms with Crippen molar-refractivity contribution >= 4 is 0 Å². The Kier molecular flexibility index (Phi) is 8.08. The van der Waals surface area contributed by atoms with E-state index in [1.807, 2.05) is 0 Å². The molecule has 1 radical (unpaired) electrons. The van der Waals surface area contributed by atoms with Gasteiger partial charge in [0.1, 0.15) is 0 Å². The van der Waals surface area contributed by atoms with Crippen molar-refractivity contribution in [2.75, 3.05) is 67.5 Å². The van der Waals surface area contributed by atoms with Crippen LogP contribution in [0.25, 0.3) is 0 Å². The molecule has 0 unspecified atom stereocenters. The first kappa shape index (κ1) is 13.8. The fourth-order valence-corrected chi connectivity index (χ4v) is 1.15. The highest BCUT2D eigenvalue weighted by molar-refractivity contribution is 4.60. The van der Waals surface area contributed by atoms with Crippen molar-refractivity contribution in [3.63, 3.8) is 0 Å². The lowest BCUT2D eigenvalue weighted by Crippen LogP contribution is -2.37. The van der Waals surface area contributed by atoms with E-state index in [-0.39, 0.29) is 6.61 Å². The molecular formula is C10H24N3O. The van der Waals surface area contributed by atoms with E-state index in [1.165, 1.54) is 0 Å². The smallest absolute Gasteiger partial charge is 0.0949 e. The molecule has 0 amide bonds. The molecular weight excluding hydrogens is 178 g/mol. The van der Waals surface area contributed by atoms with Crippen molar-refractivity contribution in [1.29, 1.82) is 0 Å². The Balaban J connectivity index is 3.65. The van der Waals surface area contributed by atoms with Crippen molar-refractivity contribution in [3.8, 4) is 0 Å². The second kappa shape index (κ2) is 8.17. The van der Waals surface area contributed by atoms with Gasteiger partial charge in [-0.3, -0.25) is 4.90 Å². The molecule has 0 rings (SSSR count). The van der Waals surface area contributed by atoms with Gasteiger partial charge in [0.2, 0.25) is 0 Å². The molecule has 0 saturated carbocycles. The van der Waals surface area contributed by atoms with Crippen molar-refractivity contribution in [3.05, 3.63) is 0 Å². The first-order valence-electron chi connectivity index (χ1n) is 5.16. The van der Waals surface area contributed by atoms with Gasteiger partial charge in [0.25, 0.3) is 0 Å². The molecule has 14 heavy (non-hydrogen) atoms. The van der Waals surface area contributed by atoms with Crippen molar-refractivity contribution in [1.82, 2.24) is 14.7 Å². The minimum atomic E-state index is 0.000850. The van der Waals surface area contributed by atoms with Crippen LogP contribution in [0.1, 0.15) is 0 Å². The maximum atomic E-state index is 10.6. The van der Waals surface area contributed by atoms with Crippen LogP contribution in [0.3, 0.4) is 0 Å². The van der Waals surface area contributed by atoms with Crippen molar-refractivity contribution < 1.29 is 5.11 Å². The zero-order valence-electron chi connectivity index (χ0n) is 9.99. The van der Waals surface area contributed by atoms with Crippen LogP contribution in [0, 0.1) is 0 Å². The largest absolute Gasteiger partial charge is 0.308 e. The molecule has 0 heterocycles. The molecule has 0 aliphatic heterocycles.